The van der Waals surface area contributed by atoms with Crippen LogP contribution in [0.1, 0.15) is 18.9 Å². The van der Waals surface area contributed by atoms with Gasteiger partial charge in [0, 0.05) is 41.3 Å². The smallest absolute Gasteiger partial charge is 0.226 e. The van der Waals surface area contributed by atoms with Crippen molar-refractivity contribution in [3.05, 3.63) is 58.1 Å². The summed E-state index contributed by atoms with van der Waals surface area (Å²) in [5.74, 6) is -0.314. The van der Waals surface area contributed by atoms with Crippen LogP contribution in [-0.2, 0) is 9.59 Å². The number of hydrogen-bond donors (Lipinski definition) is 1. The average Bonchev–Trinajstić information content (AvgIpc) is 2.49. The molecule has 0 heterocycles. The Kier molecular flexibility index (Phi) is 6.23. The van der Waals surface area contributed by atoms with E-state index in [4.69, 9.17) is 23.2 Å². The normalized spacial score (nSPS) is 10.3. The summed E-state index contributed by atoms with van der Waals surface area (Å²) in [4.78, 5) is 25.6. The van der Waals surface area contributed by atoms with Crippen LogP contribution < -0.4 is 10.2 Å². The molecule has 0 bridgehead atoms. The molecule has 126 valence electrons. The van der Waals surface area contributed by atoms with Gasteiger partial charge in [-0.2, -0.15) is 0 Å². The molecule has 2 rings (SSSR count). The first-order valence-corrected chi connectivity index (χ1v) is 8.22. The monoisotopic (exact) mass is 364 g/mol. The number of rotatable bonds is 5. The van der Waals surface area contributed by atoms with Crippen molar-refractivity contribution in [2.45, 2.75) is 20.3 Å². The van der Waals surface area contributed by atoms with Crippen molar-refractivity contribution in [2.75, 3.05) is 16.8 Å². The molecule has 0 aliphatic heterocycles. The van der Waals surface area contributed by atoms with Gasteiger partial charge in [0.1, 0.15) is 0 Å². The number of aryl methyl sites for hydroxylation is 1. The quantitative estimate of drug-likeness (QED) is 0.836. The fourth-order valence-corrected chi connectivity index (χ4v) is 2.79. The van der Waals surface area contributed by atoms with Crippen LogP contribution in [0, 0.1) is 6.92 Å². The summed E-state index contributed by atoms with van der Waals surface area (Å²) in [7, 11) is 0. The molecule has 2 aromatic rings. The maximum absolute atomic E-state index is 12.1. The van der Waals surface area contributed by atoms with Gasteiger partial charge in [0.15, 0.2) is 0 Å². The minimum atomic E-state index is -0.185. The van der Waals surface area contributed by atoms with Crippen molar-refractivity contribution in [1.82, 2.24) is 0 Å². The zero-order valence-electron chi connectivity index (χ0n) is 13.5. The summed E-state index contributed by atoms with van der Waals surface area (Å²) in [6, 6.07) is 12.2. The van der Waals surface area contributed by atoms with Crippen molar-refractivity contribution in [1.29, 1.82) is 0 Å². The maximum atomic E-state index is 12.1. The third-order valence-corrected chi connectivity index (χ3v) is 3.97. The second kappa shape index (κ2) is 8.18. The topological polar surface area (TPSA) is 49.4 Å². The lowest BCUT2D eigenvalue weighted by atomic mass is 10.1. The second-order valence-corrected chi connectivity index (χ2v) is 6.28. The van der Waals surface area contributed by atoms with E-state index in [1.807, 2.05) is 6.92 Å². The number of carbonyl (C=O) groups excluding carboxylic acids is 2. The maximum Gasteiger partial charge on any atom is 0.226 e. The summed E-state index contributed by atoms with van der Waals surface area (Å²) in [5.41, 5.74) is 2.26. The van der Waals surface area contributed by atoms with Crippen LogP contribution in [0.2, 0.25) is 10.0 Å². The van der Waals surface area contributed by atoms with Gasteiger partial charge in [-0.1, -0.05) is 29.3 Å². The molecule has 0 fully saturated rings. The zero-order valence-corrected chi connectivity index (χ0v) is 15.0. The highest BCUT2D eigenvalue weighted by Gasteiger charge is 2.15. The first kappa shape index (κ1) is 18.3. The molecule has 0 spiro atoms. The summed E-state index contributed by atoms with van der Waals surface area (Å²) >= 11 is 11.8. The molecule has 2 amide bonds. The Hall–Kier alpha value is -2.04. The first-order valence-electron chi connectivity index (χ1n) is 7.46. The summed E-state index contributed by atoms with van der Waals surface area (Å²) < 4.78 is 0. The van der Waals surface area contributed by atoms with Crippen molar-refractivity contribution in [3.63, 3.8) is 0 Å². The number of halogens is 2. The van der Waals surface area contributed by atoms with Gasteiger partial charge in [-0.05, 0) is 48.9 Å². The molecule has 0 aliphatic carbocycles. The standard InChI is InChI=1S/C18H18Cl2N2O2/c1-12-10-15(20)6-7-17(12)22(13(2)23)9-8-18(24)21-16-5-3-4-14(19)11-16/h3-7,10-11H,8-9H2,1-2H3,(H,21,24). The Balaban J connectivity index is 2.03. The van der Waals surface area contributed by atoms with Crippen LogP contribution in [-0.4, -0.2) is 18.4 Å². The van der Waals surface area contributed by atoms with E-state index in [-0.39, 0.29) is 24.8 Å². The molecular weight excluding hydrogens is 347 g/mol. The molecular formula is C18H18Cl2N2O2. The highest BCUT2D eigenvalue weighted by Crippen LogP contribution is 2.24. The molecule has 24 heavy (non-hydrogen) atoms. The molecule has 0 saturated carbocycles. The molecule has 0 atom stereocenters. The Morgan fingerprint density at radius 1 is 1.08 bits per heavy atom. The van der Waals surface area contributed by atoms with E-state index in [0.717, 1.165) is 11.3 Å². The lowest BCUT2D eigenvalue weighted by Gasteiger charge is -2.23. The van der Waals surface area contributed by atoms with E-state index in [9.17, 15) is 9.59 Å². The van der Waals surface area contributed by atoms with Crippen molar-refractivity contribution < 1.29 is 9.59 Å². The summed E-state index contributed by atoms with van der Waals surface area (Å²) in [6.07, 6.45) is 0.175. The largest absolute Gasteiger partial charge is 0.326 e. The van der Waals surface area contributed by atoms with Gasteiger partial charge in [0.25, 0.3) is 0 Å². The van der Waals surface area contributed by atoms with Crippen molar-refractivity contribution in [3.8, 4) is 0 Å². The van der Waals surface area contributed by atoms with Crippen molar-refractivity contribution >= 4 is 46.4 Å². The number of amides is 2. The van der Waals surface area contributed by atoms with E-state index in [2.05, 4.69) is 5.32 Å². The second-order valence-electron chi connectivity index (χ2n) is 5.41. The van der Waals surface area contributed by atoms with Gasteiger partial charge >= 0.3 is 0 Å². The van der Waals surface area contributed by atoms with Crippen LogP contribution in [0.4, 0.5) is 11.4 Å². The van der Waals surface area contributed by atoms with Crippen molar-refractivity contribution in [2.24, 2.45) is 0 Å². The molecule has 0 radical (unpaired) electrons. The highest BCUT2D eigenvalue weighted by molar-refractivity contribution is 6.31. The number of hydrogen-bond acceptors (Lipinski definition) is 2. The fraction of sp³-hybridized carbons (Fsp3) is 0.222. The molecule has 1 N–H and O–H groups in total. The van der Waals surface area contributed by atoms with Crippen LogP contribution in [0.25, 0.3) is 0 Å². The van der Waals surface area contributed by atoms with Gasteiger partial charge in [0.2, 0.25) is 11.8 Å². The molecule has 0 aromatic heterocycles. The minimum Gasteiger partial charge on any atom is -0.326 e. The number of nitrogens with one attached hydrogen (secondary N) is 1. The lowest BCUT2D eigenvalue weighted by molar-refractivity contribution is -0.117. The van der Waals surface area contributed by atoms with Crippen LogP contribution >= 0.6 is 23.2 Å². The number of benzene rings is 2. The van der Waals surface area contributed by atoms with Gasteiger partial charge in [-0.15, -0.1) is 0 Å². The molecule has 4 nitrogen and oxygen atoms in total. The molecule has 0 aliphatic rings. The third-order valence-electron chi connectivity index (χ3n) is 3.50. The van der Waals surface area contributed by atoms with Gasteiger partial charge in [-0.25, -0.2) is 0 Å². The molecule has 2 aromatic carbocycles. The summed E-state index contributed by atoms with van der Waals surface area (Å²) in [5, 5.41) is 3.93. The predicted octanol–water partition coefficient (Wildman–Crippen LogP) is 4.68. The molecule has 6 heteroatoms. The van der Waals surface area contributed by atoms with Crippen LogP contribution in [0.5, 0.6) is 0 Å². The fourth-order valence-electron chi connectivity index (χ4n) is 2.37. The first-order chi connectivity index (χ1) is 11.4. The summed E-state index contributed by atoms with van der Waals surface area (Å²) in [6.45, 7) is 3.64. The Labute approximate surface area is 151 Å². The minimum absolute atomic E-state index is 0.129. The van der Waals surface area contributed by atoms with Gasteiger partial charge < -0.3 is 10.2 Å². The van der Waals surface area contributed by atoms with E-state index in [0.29, 0.717) is 15.7 Å². The SMILES string of the molecule is CC(=O)N(CCC(=O)Nc1cccc(Cl)c1)c1ccc(Cl)cc1C. The van der Waals surface area contributed by atoms with Crippen LogP contribution in [0.15, 0.2) is 42.5 Å². The highest BCUT2D eigenvalue weighted by atomic mass is 35.5. The van der Waals surface area contributed by atoms with E-state index in [1.165, 1.54) is 6.92 Å². The van der Waals surface area contributed by atoms with E-state index < -0.39 is 0 Å². The average molecular weight is 365 g/mol. The number of nitrogens with zero attached hydrogens (tertiary/aromatic N) is 1. The van der Waals surface area contributed by atoms with Gasteiger partial charge in [-0.3, -0.25) is 9.59 Å². The third kappa shape index (κ3) is 4.98. The van der Waals surface area contributed by atoms with E-state index in [1.54, 1.807) is 47.4 Å². The lowest BCUT2D eigenvalue weighted by Crippen LogP contribution is -2.32. The number of anilines is 2. The van der Waals surface area contributed by atoms with Gasteiger partial charge in [0.05, 0.1) is 0 Å². The number of carbonyl (C=O) groups is 2. The Bertz CT molecular complexity index is 762. The van der Waals surface area contributed by atoms with Crippen LogP contribution in [0.3, 0.4) is 0 Å². The van der Waals surface area contributed by atoms with E-state index >= 15 is 0 Å². The zero-order chi connectivity index (χ0) is 17.7. The Morgan fingerprint density at radius 3 is 2.42 bits per heavy atom. The predicted molar refractivity (Wildman–Crippen MR) is 98.9 cm³/mol. The Morgan fingerprint density at radius 2 is 1.79 bits per heavy atom. The molecule has 0 saturated heterocycles. The molecule has 0 unspecified atom stereocenters.